The number of hydrogen-bond donors (Lipinski definition) is 1. The normalized spacial score (nSPS) is 16.1. The van der Waals surface area contributed by atoms with Crippen LogP contribution in [0.2, 0.25) is 0 Å². The number of ketones is 1. The third-order valence-corrected chi connectivity index (χ3v) is 5.51. The molecule has 1 aromatic carbocycles. The van der Waals surface area contributed by atoms with Crippen LogP contribution in [-0.4, -0.2) is 61.0 Å². The number of benzene rings is 1. The zero-order valence-corrected chi connectivity index (χ0v) is 16.7. The van der Waals surface area contributed by atoms with E-state index in [4.69, 9.17) is 4.74 Å². The molecule has 0 spiro atoms. The third-order valence-electron chi connectivity index (χ3n) is 5.51. The first kappa shape index (κ1) is 20.1. The van der Waals surface area contributed by atoms with Gasteiger partial charge in [-0.1, -0.05) is 0 Å². The second-order valence-electron chi connectivity index (χ2n) is 7.16. The van der Waals surface area contributed by atoms with Gasteiger partial charge in [-0.25, -0.2) is 9.18 Å². The molecule has 1 atom stereocenters. The number of carbonyl (C=O) groups is 2. The fourth-order valence-corrected chi connectivity index (χ4v) is 3.80. The van der Waals surface area contributed by atoms with Gasteiger partial charge in [0.25, 0.3) is 0 Å². The number of H-pyrrole nitrogens is 1. The Kier molecular flexibility index (Phi) is 5.84. The highest BCUT2D eigenvalue weighted by atomic mass is 19.1. The van der Waals surface area contributed by atoms with E-state index in [0.29, 0.717) is 22.5 Å². The summed E-state index contributed by atoms with van der Waals surface area (Å²) >= 11 is 0. The van der Waals surface area contributed by atoms with Gasteiger partial charge >= 0.3 is 5.97 Å². The van der Waals surface area contributed by atoms with E-state index in [1.807, 2.05) is 6.92 Å². The van der Waals surface area contributed by atoms with Crippen LogP contribution in [0.4, 0.5) is 10.1 Å². The largest absolute Gasteiger partial charge is 0.465 e. The van der Waals surface area contributed by atoms with Crippen LogP contribution >= 0.6 is 0 Å². The molecule has 3 rings (SSSR count). The predicted molar refractivity (Wildman–Crippen MR) is 106 cm³/mol. The number of aromatic nitrogens is 1. The molecular weight excluding hydrogens is 361 g/mol. The number of aryl methyl sites for hydroxylation is 1. The third kappa shape index (κ3) is 3.80. The van der Waals surface area contributed by atoms with E-state index in [0.717, 1.165) is 31.9 Å². The molecule has 6 nitrogen and oxygen atoms in total. The van der Waals surface area contributed by atoms with Crippen LogP contribution in [0.25, 0.3) is 0 Å². The molecule has 1 saturated heterocycles. The second-order valence-corrected chi connectivity index (χ2v) is 7.16. The van der Waals surface area contributed by atoms with Gasteiger partial charge in [0.2, 0.25) is 0 Å². The lowest BCUT2D eigenvalue weighted by Gasteiger charge is -2.38. The summed E-state index contributed by atoms with van der Waals surface area (Å²) in [6, 6.07) is 6.17. The van der Waals surface area contributed by atoms with Crippen LogP contribution in [0, 0.1) is 19.7 Å². The number of esters is 1. The zero-order chi connectivity index (χ0) is 20.4. The number of carbonyl (C=O) groups excluding carboxylic acids is 2. The molecule has 2 aromatic rings. The molecule has 150 valence electrons. The number of aromatic amines is 1. The van der Waals surface area contributed by atoms with Crippen LogP contribution in [0.3, 0.4) is 0 Å². The van der Waals surface area contributed by atoms with E-state index in [1.165, 1.54) is 19.2 Å². The van der Waals surface area contributed by atoms with E-state index >= 15 is 0 Å². The zero-order valence-electron chi connectivity index (χ0n) is 16.7. The summed E-state index contributed by atoms with van der Waals surface area (Å²) in [5, 5.41) is 0. The monoisotopic (exact) mass is 387 g/mol. The molecule has 2 heterocycles. The molecule has 0 radical (unpaired) electrons. The first-order valence-corrected chi connectivity index (χ1v) is 9.39. The molecule has 1 fully saturated rings. The first-order valence-electron chi connectivity index (χ1n) is 9.39. The highest BCUT2D eigenvalue weighted by Crippen LogP contribution is 2.23. The first-order chi connectivity index (χ1) is 13.3. The predicted octanol–water partition coefficient (Wildman–Crippen LogP) is 2.95. The molecule has 1 aliphatic rings. The number of rotatable bonds is 5. The number of halogens is 1. The van der Waals surface area contributed by atoms with Crippen LogP contribution < -0.4 is 4.90 Å². The number of nitrogens with one attached hydrogen (secondary N) is 1. The summed E-state index contributed by atoms with van der Waals surface area (Å²) in [4.78, 5) is 32.4. The smallest absolute Gasteiger partial charge is 0.339 e. The van der Waals surface area contributed by atoms with Gasteiger partial charge in [-0.15, -0.1) is 0 Å². The van der Waals surface area contributed by atoms with Crippen molar-refractivity contribution in [3.63, 3.8) is 0 Å². The number of hydrogen-bond acceptors (Lipinski definition) is 5. The van der Waals surface area contributed by atoms with Crippen molar-refractivity contribution in [1.29, 1.82) is 0 Å². The molecule has 0 saturated carbocycles. The van der Waals surface area contributed by atoms with Gasteiger partial charge in [0.1, 0.15) is 5.82 Å². The quantitative estimate of drug-likeness (QED) is 0.631. The van der Waals surface area contributed by atoms with Crippen molar-refractivity contribution in [2.75, 3.05) is 38.2 Å². The number of piperazine rings is 1. The molecule has 28 heavy (non-hydrogen) atoms. The Bertz CT molecular complexity index is 868. The number of anilines is 1. The SMILES string of the molecule is COC(=O)c1c(C)[nH]c(C(=O)[C@H](C)N2CCN(c3ccc(F)cc3)CC2)c1C. The molecule has 0 amide bonds. The summed E-state index contributed by atoms with van der Waals surface area (Å²) in [5.41, 5.74) is 3.15. The van der Waals surface area contributed by atoms with Crippen molar-refractivity contribution in [2.45, 2.75) is 26.8 Å². The van der Waals surface area contributed by atoms with Gasteiger partial charge in [0, 0.05) is 37.6 Å². The Morgan fingerprint density at radius 1 is 1.11 bits per heavy atom. The van der Waals surface area contributed by atoms with E-state index in [1.54, 1.807) is 26.0 Å². The standard InChI is InChI=1S/C21H26FN3O3/c1-13-18(21(27)28-4)14(2)23-19(13)20(26)15(3)24-9-11-25(12-10-24)17-7-5-16(22)6-8-17/h5-8,15,23H,9-12H2,1-4H3/t15-/m0/s1. The maximum absolute atomic E-state index is 13.1. The maximum Gasteiger partial charge on any atom is 0.339 e. The van der Waals surface area contributed by atoms with Crippen molar-refractivity contribution in [3.8, 4) is 0 Å². The van der Waals surface area contributed by atoms with Crippen molar-refractivity contribution in [3.05, 3.63) is 52.6 Å². The van der Waals surface area contributed by atoms with E-state index < -0.39 is 5.97 Å². The molecular formula is C21H26FN3O3. The fourth-order valence-electron chi connectivity index (χ4n) is 3.80. The van der Waals surface area contributed by atoms with Gasteiger partial charge in [-0.2, -0.15) is 0 Å². The number of methoxy groups -OCH3 is 1. The van der Waals surface area contributed by atoms with E-state index in [9.17, 15) is 14.0 Å². The van der Waals surface area contributed by atoms with Gasteiger partial charge < -0.3 is 14.6 Å². The van der Waals surface area contributed by atoms with Crippen LogP contribution in [0.15, 0.2) is 24.3 Å². The molecule has 1 aliphatic heterocycles. The molecule has 1 aromatic heterocycles. The highest BCUT2D eigenvalue weighted by Gasteiger charge is 2.30. The second kappa shape index (κ2) is 8.14. The van der Waals surface area contributed by atoms with Gasteiger partial charge in [0.15, 0.2) is 5.78 Å². The maximum atomic E-state index is 13.1. The van der Waals surface area contributed by atoms with Crippen molar-refractivity contribution >= 4 is 17.4 Å². The minimum atomic E-state index is -0.439. The average molecular weight is 387 g/mol. The minimum absolute atomic E-state index is 0.0361. The number of nitrogens with zero attached hydrogens (tertiary/aromatic N) is 2. The average Bonchev–Trinajstić information content (AvgIpc) is 3.01. The molecule has 7 heteroatoms. The Morgan fingerprint density at radius 2 is 1.71 bits per heavy atom. The van der Waals surface area contributed by atoms with Crippen LogP contribution in [-0.2, 0) is 4.74 Å². The summed E-state index contributed by atoms with van der Waals surface area (Å²) in [5.74, 6) is -0.721. The molecule has 0 aliphatic carbocycles. The molecule has 0 bridgehead atoms. The molecule has 1 N–H and O–H groups in total. The minimum Gasteiger partial charge on any atom is -0.465 e. The summed E-state index contributed by atoms with van der Waals surface area (Å²) in [6.07, 6.45) is 0. The Morgan fingerprint density at radius 3 is 2.29 bits per heavy atom. The lowest BCUT2D eigenvalue weighted by Crippen LogP contribution is -2.51. The van der Waals surface area contributed by atoms with Crippen molar-refractivity contribution in [1.82, 2.24) is 9.88 Å². The van der Waals surface area contributed by atoms with Crippen LogP contribution in [0.5, 0.6) is 0 Å². The molecule has 0 unspecified atom stereocenters. The van der Waals surface area contributed by atoms with Gasteiger partial charge in [-0.3, -0.25) is 9.69 Å². The van der Waals surface area contributed by atoms with Gasteiger partial charge in [-0.05, 0) is 50.6 Å². The fraction of sp³-hybridized carbons (Fsp3) is 0.429. The topological polar surface area (TPSA) is 65.6 Å². The highest BCUT2D eigenvalue weighted by molar-refractivity contribution is 6.03. The lowest BCUT2D eigenvalue weighted by molar-refractivity contribution is 0.0599. The Hall–Kier alpha value is -2.67. The summed E-state index contributed by atoms with van der Waals surface area (Å²) in [7, 11) is 1.33. The van der Waals surface area contributed by atoms with Crippen molar-refractivity contribution in [2.24, 2.45) is 0 Å². The Labute approximate surface area is 164 Å². The van der Waals surface area contributed by atoms with Crippen molar-refractivity contribution < 1.29 is 18.7 Å². The van der Waals surface area contributed by atoms with Crippen LogP contribution in [0.1, 0.15) is 39.0 Å². The van der Waals surface area contributed by atoms with E-state index in [2.05, 4.69) is 14.8 Å². The number of ether oxygens (including phenoxy) is 1. The summed E-state index contributed by atoms with van der Waals surface area (Å²) in [6.45, 7) is 8.41. The van der Waals surface area contributed by atoms with Gasteiger partial charge in [0.05, 0.1) is 24.4 Å². The van der Waals surface area contributed by atoms with E-state index in [-0.39, 0.29) is 17.6 Å². The number of Topliss-reactive ketones (excluding diaryl/α,β-unsaturated/α-hetero) is 1. The summed E-state index contributed by atoms with van der Waals surface area (Å²) < 4.78 is 17.9. The lowest BCUT2D eigenvalue weighted by atomic mass is 10.0. The Balaban J connectivity index is 1.68.